The Kier molecular flexibility index (Phi) is 9.83. The summed E-state index contributed by atoms with van der Waals surface area (Å²) in [7, 11) is 1.34. The van der Waals surface area contributed by atoms with Crippen LogP contribution in [0.5, 0.6) is 0 Å². The number of amides is 1. The highest BCUT2D eigenvalue weighted by Crippen LogP contribution is 2.06. The number of methoxy groups -OCH3 is 1. The van der Waals surface area contributed by atoms with Gasteiger partial charge in [-0.3, -0.25) is 9.59 Å². The monoisotopic (exact) mass is 324 g/mol. The number of nitriles is 1. The summed E-state index contributed by atoms with van der Waals surface area (Å²) in [6, 6.07) is 0.791. The fourth-order valence-electron chi connectivity index (χ4n) is 1.51. The van der Waals surface area contributed by atoms with E-state index in [-0.39, 0.29) is 19.3 Å². The molecule has 0 unspecified atom stereocenters. The summed E-state index contributed by atoms with van der Waals surface area (Å²) in [5, 5.41) is 11.0. The number of hydrogen-bond donors (Lipinski definition) is 1. The number of carbonyl (C=O) groups excluding carboxylic acids is 3. The smallest absolute Gasteiger partial charge is 0.328 e. The van der Waals surface area contributed by atoms with Crippen molar-refractivity contribution in [2.24, 2.45) is 0 Å². The molecule has 0 aromatic carbocycles. The fourth-order valence-corrected chi connectivity index (χ4v) is 1.51. The van der Waals surface area contributed by atoms with Gasteiger partial charge in [0.1, 0.15) is 18.2 Å². The van der Waals surface area contributed by atoms with Crippen molar-refractivity contribution in [1.82, 2.24) is 5.32 Å². The number of hydrogen-bond acceptors (Lipinski definition) is 6. The molecular formula is C14H20N4O5. The highest BCUT2D eigenvalue weighted by molar-refractivity contribution is 6.25. The largest absolute Gasteiger partial charge is 0.460 e. The van der Waals surface area contributed by atoms with E-state index in [2.05, 4.69) is 10.1 Å². The van der Waals surface area contributed by atoms with Gasteiger partial charge in [0.15, 0.2) is 0 Å². The van der Waals surface area contributed by atoms with Crippen molar-refractivity contribution in [3.05, 3.63) is 5.53 Å². The van der Waals surface area contributed by atoms with Crippen LogP contribution in [0.15, 0.2) is 0 Å². The minimum absolute atomic E-state index is 0.0109. The lowest BCUT2D eigenvalue weighted by Crippen LogP contribution is -2.46. The number of ether oxygens (including phenoxy) is 2. The zero-order chi connectivity index (χ0) is 17.8. The Morgan fingerprint density at radius 2 is 2.04 bits per heavy atom. The summed E-state index contributed by atoms with van der Waals surface area (Å²) in [6.45, 7) is 3.04. The molecule has 0 heterocycles. The molecule has 0 saturated heterocycles. The van der Waals surface area contributed by atoms with E-state index in [1.165, 1.54) is 14.0 Å². The topological polar surface area (TPSA) is 142 Å². The van der Waals surface area contributed by atoms with Crippen molar-refractivity contribution in [2.45, 2.75) is 51.4 Å². The molecule has 0 aliphatic heterocycles. The van der Waals surface area contributed by atoms with Crippen LogP contribution < -0.4 is 5.32 Å². The lowest BCUT2D eigenvalue weighted by Gasteiger charge is -2.20. The number of rotatable bonds is 10. The number of nitrogens with one attached hydrogen (secondary N) is 1. The first-order chi connectivity index (χ1) is 10.8. The van der Waals surface area contributed by atoms with E-state index in [4.69, 9.17) is 20.3 Å². The van der Waals surface area contributed by atoms with Crippen LogP contribution in [-0.4, -0.2) is 54.0 Å². The van der Waals surface area contributed by atoms with E-state index in [9.17, 15) is 14.4 Å². The minimum atomic E-state index is -1.07. The second kappa shape index (κ2) is 11.1. The van der Waals surface area contributed by atoms with E-state index in [0.29, 0.717) is 6.21 Å². The Morgan fingerprint density at radius 1 is 1.39 bits per heavy atom. The molecule has 9 nitrogen and oxygen atoms in total. The highest BCUT2D eigenvalue weighted by atomic mass is 16.5. The Hall–Kier alpha value is -2.56. The predicted octanol–water partition coefficient (Wildman–Crippen LogP) is 0.00138. The molecule has 3 atom stereocenters. The average molecular weight is 324 g/mol. The van der Waals surface area contributed by atoms with Gasteiger partial charge in [-0.1, -0.05) is 0 Å². The van der Waals surface area contributed by atoms with Crippen molar-refractivity contribution in [3.8, 4) is 6.07 Å². The van der Waals surface area contributed by atoms with Gasteiger partial charge >= 0.3 is 12.2 Å². The first-order valence-electron chi connectivity index (χ1n) is 6.96. The first-order valence-corrected chi connectivity index (χ1v) is 6.96. The second-order valence-electron chi connectivity index (χ2n) is 4.80. The number of nitrogens with zero attached hydrogens (tertiary/aromatic N) is 3. The number of carbonyl (C=O) groups is 3. The standard InChI is InChI=1S/C14H20N4O5/c1-9(6-7-15)23-14(21)12(5-4-11(19)8-17-16)18-13(20)10(2)22-3/h8-10,12H,4-6H2,1-3H3,(H,18,20)/t9-,10-,12-/m0/s1. The maximum atomic E-state index is 12.1. The van der Waals surface area contributed by atoms with E-state index >= 15 is 0 Å². The molecule has 9 heteroatoms. The second-order valence-corrected chi connectivity index (χ2v) is 4.80. The Labute approximate surface area is 134 Å². The van der Waals surface area contributed by atoms with E-state index < -0.39 is 35.9 Å². The van der Waals surface area contributed by atoms with Crippen LogP contribution >= 0.6 is 0 Å². The molecular weight excluding hydrogens is 304 g/mol. The summed E-state index contributed by atoms with van der Waals surface area (Å²) in [4.78, 5) is 37.8. The van der Waals surface area contributed by atoms with Crippen molar-refractivity contribution in [2.75, 3.05) is 7.11 Å². The molecule has 0 bridgehead atoms. The molecule has 0 fully saturated rings. The summed E-state index contributed by atoms with van der Waals surface area (Å²) >= 11 is 0. The van der Waals surface area contributed by atoms with Gasteiger partial charge in [0, 0.05) is 13.5 Å². The molecule has 23 heavy (non-hydrogen) atoms. The summed E-state index contributed by atoms with van der Waals surface area (Å²) in [5.41, 5.74) is 8.28. The predicted molar refractivity (Wildman–Crippen MR) is 78.1 cm³/mol. The molecule has 0 aliphatic carbocycles. The highest BCUT2D eigenvalue weighted by Gasteiger charge is 2.26. The van der Waals surface area contributed by atoms with Crippen LogP contribution in [0.2, 0.25) is 0 Å². The molecule has 126 valence electrons. The SMILES string of the molecule is CO[C@@H](C)C(=O)N[C@@H](CCC(=O)C=[N+]=[N-])C(=O)O[C@@H](C)CC#N. The first kappa shape index (κ1) is 20.4. The van der Waals surface area contributed by atoms with Crippen molar-refractivity contribution in [3.63, 3.8) is 0 Å². The molecule has 1 amide bonds. The third-order valence-corrected chi connectivity index (χ3v) is 2.90. The molecule has 1 N–H and O–H groups in total. The van der Waals surface area contributed by atoms with Crippen LogP contribution in [0, 0.1) is 11.3 Å². The minimum Gasteiger partial charge on any atom is -0.460 e. The van der Waals surface area contributed by atoms with Gasteiger partial charge in [-0.25, -0.2) is 4.79 Å². The Morgan fingerprint density at radius 3 is 2.57 bits per heavy atom. The summed E-state index contributed by atoms with van der Waals surface area (Å²) < 4.78 is 9.90. The maximum absolute atomic E-state index is 12.1. The third kappa shape index (κ3) is 8.46. The van der Waals surface area contributed by atoms with Crippen LogP contribution in [0.4, 0.5) is 0 Å². The van der Waals surface area contributed by atoms with Crippen LogP contribution in [-0.2, 0) is 23.9 Å². The lowest BCUT2D eigenvalue weighted by atomic mass is 10.1. The van der Waals surface area contributed by atoms with Gasteiger partial charge in [-0.15, -0.1) is 0 Å². The Balaban J connectivity index is 4.87. The van der Waals surface area contributed by atoms with Crippen molar-refractivity contribution in [1.29, 1.82) is 5.26 Å². The van der Waals surface area contributed by atoms with Crippen molar-refractivity contribution < 1.29 is 28.6 Å². The lowest BCUT2D eigenvalue weighted by molar-refractivity contribution is -0.153. The van der Waals surface area contributed by atoms with Crippen LogP contribution in [0.1, 0.15) is 33.1 Å². The third-order valence-electron chi connectivity index (χ3n) is 2.90. The quantitative estimate of drug-likeness (QED) is 0.259. The van der Waals surface area contributed by atoms with E-state index in [1.807, 2.05) is 6.07 Å². The van der Waals surface area contributed by atoms with Gasteiger partial charge in [-0.05, 0) is 20.3 Å². The van der Waals surface area contributed by atoms with E-state index in [1.54, 1.807) is 6.92 Å². The summed E-state index contributed by atoms with van der Waals surface area (Å²) in [5.74, 6) is -1.80. The van der Waals surface area contributed by atoms with Crippen LogP contribution in [0.3, 0.4) is 0 Å². The molecule has 0 spiro atoms. The molecule has 0 aromatic rings. The van der Waals surface area contributed by atoms with Crippen molar-refractivity contribution >= 4 is 23.9 Å². The fraction of sp³-hybridized carbons (Fsp3) is 0.643. The molecule has 0 rings (SSSR count). The molecule has 0 aliphatic rings. The summed E-state index contributed by atoms with van der Waals surface area (Å²) in [6.07, 6.45) is -0.862. The number of ketones is 1. The zero-order valence-corrected chi connectivity index (χ0v) is 13.3. The van der Waals surface area contributed by atoms with Gasteiger partial charge in [-0.2, -0.15) is 10.1 Å². The Bertz CT molecular complexity index is 522. The normalized spacial score (nSPS) is 13.7. The average Bonchev–Trinajstić information content (AvgIpc) is 2.50. The molecule has 0 saturated carbocycles. The molecule has 0 radical (unpaired) electrons. The van der Waals surface area contributed by atoms with E-state index in [0.717, 1.165) is 0 Å². The maximum Gasteiger partial charge on any atom is 0.328 e. The zero-order valence-electron chi connectivity index (χ0n) is 13.3. The van der Waals surface area contributed by atoms with Gasteiger partial charge in [0.05, 0.1) is 12.5 Å². The van der Waals surface area contributed by atoms with Gasteiger partial charge in [0.25, 0.3) is 0 Å². The van der Waals surface area contributed by atoms with Gasteiger partial charge in [0.2, 0.25) is 11.7 Å². The van der Waals surface area contributed by atoms with Gasteiger partial charge < -0.3 is 20.3 Å². The van der Waals surface area contributed by atoms with Crippen LogP contribution in [0.25, 0.3) is 5.53 Å². The number of esters is 1. The number of Topliss-reactive ketones (excluding diaryl/α,β-unsaturated/α-hetero) is 1. The molecule has 0 aromatic heterocycles.